The fourth-order valence-corrected chi connectivity index (χ4v) is 4.91. The highest BCUT2D eigenvalue weighted by Gasteiger charge is 2.17. The number of aromatic nitrogens is 1. The molecule has 5 aromatic carbocycles. The molecule has 2 nitrogen and oxygen atoms in total. The van der Waals surface area contributed by atoms with Gasteiger partial charge in [-0.2, -0.15) is 0 Å². The van der Waals surface area contributed by atoms with Crippen molar-refractivity contribution in [1.82, 2.24) is 4.98 Å². The SMILES string of the molecule is c1ccc2c(-c3cccc4c3oc3ccc5c6ccccc6ccc5c34)nccc2c1. The van der Waals surface area contributed by atoms with Gasteiger partial charge >= 0.3 is 0 Å². The van der Waals surface area contributed by atoms with Crippen LogP contribution in [0.25, 0.3) is 65.5 Å². The van der Waals surface area contributed by atoms with Crippen molar-refractivity contribution < 1.29 is 4.42 Å². The van der Waals surface area contributed by atoms with Crippen molar-refractivity contribution in [2.75, 3.05) is 0 Å². The molecular weight excluding hydrogens is 378 g/mol. The second-order valence-corrected chi connectivity index (χ2v) is 7.99. The van der Waals surface area contributed by atoms with E-state index in [1.54, 1.807) is 0 Å². The second kappa shape index (κ2) is 6.16. The average Bonchev–Trinajstić information content (AvgIpc) is 3.23. The molecule has 0 aliphatic carbocycles. The Kier molecular flexibility index (Phi) is 3.30. The van der Waals surface area contributed by atoms with E-state index in [-0.39, 0.29) is 0 Å². The molecule has 31 heavy (non-hydrogen) atoms. The Balaban J connectivity index is 1.62. The third-order valence-electron chi connectivity index (χ3n) is 6.31. The number of fused-ring (bicyclic) bond motifs is 8. The molecule has 0 bridgehead atoms. The van der Waals surface area contributed by atoms with Crippen molar-refractivity contribution in [3.05, 3.63) is 103 Å². The minimum absolute atomic E-state index is 0.891. The number of hydrogen-bond acceptors (Lipinski definition) is 2. The zero-order chi connectivity index (χ0) is 20.4. The van der Waals surface area contributed by atoms with Gasteiger partial charge in [-0.1, -0.05) is 78.9 Å². The average molecular weight is 395 g/mol. The maximum absolute atomic E-state index is 6.47. The zero-order valence-electron chi connectivity index (χ0n) is 16.7. The van der Waals surface area contributed by atoms with Gasteiger partial charge in [0.25, 0.3) is 0 Å². The Morgan fingerprint density at radius 1 is 0.516 bits per heavy atom. The van der Waals surface area contributed by atoms with Crippen molar-refractivity contribution in [2.45, 2.75) is 0 Å². The Bertz CT molecular complexity index is 1790. The molecule has 7 aromatic rings. The summed E-state index contributed by atoms with van der Waals surface area (Å²) >= 11 is 0. The summed E-state index contributed by atoms with van der Waals surface area (Å²) in [6, 6.07) is 34.0. The highest BCUT2D eigenvalue weighted by molar-refractivity contribution is 6.25. The number of para-hydroxylation sites is 1. The number of benzene rings is 5. The highest BCUT2D eigenvalue weighted by atomic mass is 16.3. The Morgan fingerprint density at radius 3 is 2.16 bits per heavy atom. The van der Waals surface area contributed by atoms with Gasteiger partial charge in [-0.15, -0.1) is 0 Å². The van der Waals surface area contributed by atoms with Gasteiger partial charge in [0.15, 0.2) is 0 Å². The van der Waals surface area contributed by atoms with Crippen LogP contribution in [0.2, 0.25) is 0 Å². The first kappa shape index (κ1) is 16.6. The monoisotopic (exact) mass is 395 g/mol. The van der Waals surface area contributed by atoms with Crippen LogP contribution in [0.4, 0.5) is 0 Å². The standard InChI is InChI=1S/C29H17NO/c1-3-8-20-18(6-1)12-13-23-22(20)14-15-26-27(23)24-10-5-11-25(29(24)31-26)28-21-9-4-2-7-19(21)16-17-30-28/h1-17H. The molecule has 0 atom stereocenters. The number of nitrogens with zero attached hydrogens (tertiary/aromatic N) is 1. The molecule has 0 N–H and O–H groups in total. The highest BCUT2D eigenvalue weighted by Crippen LogP contribution is 2.41. The summed E-state index contributed by atoms with van der Waals surface area (Å²) in [6.07, 6.45) is 1.88. The quantitative estimate of drug-likeness (QED) is 0.262. The van der Waals surface area contributed by atoms with E-state index in [0.717, 1.165) is 33.2 Å². The van der Waals surface area contributed by atoms with Gasteiger partial charge in [-0.3, -0.25) is 4.98 Å². The molecular formula is C29H17NO. The smallest absolute Gasteiger partial charge is 0.144 e. The molecule has 0 radical (unpaired) electrons. The first-order valence-electron chi connectivity index (χ1n) is 10.5. The molecule has 0 amide bonds. The van der Waals surface area contributed by atoms with Gasteiger partial charge in [-0.25, -0.2) is 0 Å². The topological polar surface area (TPSA) is 26.0 Å². The summed E-state index contributed by atoms with van der Waals surface area (Å²) in [5, 5.41) is 9.60. The molecule has 0 aliphatic heterocycles. The lowest BCUT2D eigenvalue weighted by atomic mass is 9.97. The number of pyridine rings is 1. The largest absolute Gasteiger partial charge is 0.455 e. The number of hydrogen-bond donors (Lipinski definition) is 0. The van der Waals surface area contributed by atoms with E-state index in [0.29, 0.717) is 0 Å². The molecule has 2 aromatic heterocycles. The first-order chi connectivity index (χ1) is 15.4. The third-order valence-corrected chi connectivity index (χ3v) is 6.31. The van der Waals surface area contributed by atoms with Crippen molar-refractivity contribution >= 4 is 54.3 Å². The molecule has 0 aliphatic rings. The predicted molar refractivity (Wildman–Crippen MR) is 129 cm³/mol. The summed E-state index contributed by atoms with van der Waals surface area (Å²) < 4.78 is 6.47. The number of rotatable bonds is 1. The molecule has 7 rings (SSSR count). The van der Waals surface area contributed by atoms with Crippen LogP contribution in [0.1, 0.15) is 0 Å². The maximum Gasteiger partial charge on any atom is 0.144 e. The molecule has 0 fully saturated rings. The fraction of sp³-hybridized carbons (Fsp3) is 0. The van der Waals surface area contributed by atoms with Gasteiger partial charge in [-0.05, 0) is 45.1 Å². The van der Waals surface area contributed by atoms with E-state index in [1.807, 2.05) is 6.20 Å². The fourth-order valence-electron chi connectivity index (χ4n) is 4.91. The summed E-state index contributed by atoms with van der Waals surface area (Å²) in [5.74, 6) is 0. The lowest BCUT2D eigenvalue weighted by molar-refractivity contribution is 0.670. The van der Waals surface area contributed by atoms with E-state index in [4.69, 9.17) is 9.40 Å². The Hall–Kier alpha value is -4.17. The molecule has 2 heterocycles. The van der Waals surface area contributed by atoms with Crippen molar-refractivity contribution in [3.63, 3.8) is 0 Å². The zero-order valence-corrected chi connectivity index (χ0v) is 16.7. The summed E-state index contributed by atoms with van der Waals surface area (Å²) in [6.45, 7) is 0. The summed E-state index contributed by atoms with van der Waals surface area (Å²) in [5.41, 5.74) is 3.78. The van der Waals surface area contributed by atoms with Crippen LogP contribution in [-0.4, -0.2) is 4.98 Å². The minimum Gasteiger partial charge on any atom is -0.455 e. The second-order valence-electron chi connectivity index (χ2n) is 7.99. The molecule has 0 saturated heterocycles. The van der Waals surface area contributed by atoms with Gasteiger partial charge in [0, 0.05) is 27.9 Å². The Labute approximate surface area is 178 Å². The lowest BCUT2D eigenvalue weighted by Crippen LogP contribution is -1.86. The van der Waals surface area contributed by atoms with Crippen LogP contribution >= 0.6 is 0 Å². The maximum atomic E-state index is 6.47. The van der Waals surface area contributed by atoms with Gasteiger partial charge in [0.05, 0.1) is 5.69 Å². The third kappa shape index (κ3) is 2.30. The van der Waals surface area contributed by atoms with E-state index < -0.39 is 0 Å². The lowest BCUT2D eigenvalue weighted by Gasteiger charge is -2.06. The first-order valence-corrected chi connectivity index (χ1v) is 10.5. The Morgan fingerprint density at radius 2 is 1.26 bits per heavy atom. The molecule has 144 valence electrons. The predicted octanol–water partition coefficient (Wildman–Crippen LogP) is 8.11. The van der Waals surface area contributed by atoms with E-state index in [9.17, 15) is 0 Å². The molecule has 0 unspecified atom stereocenters. The minimum atomic E-state index is 0.891. The van der Waals surface area contributed by atoms with Crippen LogP contribution in [-0.2, 0) is 0 Å². The molecule has 2 heteroatoms. The number of furan rings is 1. The normalized spacial score (nSPS) is 11.9. The van der Waals surface area contributed by atoms with E-state index in [2.05, 4.69) is 97.1 Å². The van der Waals surface area contributed by atoms with Crippen molar-refractivity contribution in [2.24, 2.45) is 0 Å². The van der Waals surface area contributed by atoms with Crippen LogP contribution in [0, 0.1) is 0 Å². The summed E-state index contributed by atoms with van der Waals surface area (Å²) in [4.78, 5) is 4.74. The van der Waals surface area contributed by atoms with Gasteiger partial charge in [0.2, 0.25) is 0 Å². The van der Waals surface area contributed by atoms with Gasteiger partial charge < -0.3 is 4.42 Å². The van der Waals surface area contributed by atoms with Crippen LogP contribution < -0.4 is 0 Å². The van der Waals surface area contributed by atoms with Crippen LogP contribution in [0.15, 0.2) is 108 Å². The van der Waals surface area contributed by atoms with Gasteiger partial charge in [0.1, 0.15) is 11.2 Å². The summed E-state index contributed by atoms with van der Waals surface area (Å²) in [7, 11) is 0. The van der Waals surface area contributed by atoms with Crippen LogP contribution in [0.5, 0.6) is 0 Å². The van der Waals surface area contributed by atoms with Crippen molar-refractivity contribution in [1.29, 1.82) is 0 Å². The molecule has 0 spiro atoms. The van der Waals surface area contributed by atoms with E-state index in [1.165, 1.54) is 32.3 Å². The van der Waals surface area contributed by atoms with E-state index >= 15 is 0 Å². The molecule has 0 saturated carbocycles. The van der Waals surface area contributed by atoms with Crippen molar-refractivity contribution in [3.8, 4) is 11.3 Å². The van der Waals surface area contributed by atoms with Crippen LogP contribution in [0.3, 0.4) is 0 Å².